The van der Waals surface area contributed by atoms with Crippen molar-refractivity contribution < 1.29 is 13.2 Å². The number of nitrogens with one attached hydrogen (secondary N) is 1. The quantitative estimate of drug-likeness (QED) is 0.821. The maximum absolute atomic E-state index is 12.8. The molecule has 1 aliphatic carbocycles. The Balaban J connectivity index is 1.45. The molecule has 0 unspecified atom stereocenters. The minimum absolute atomic E-state index is 0.0239. The lowest BCUT2D eigenvalue weighted by molar-refractivity contribution is 0.176. The van der Waals surface area contributed by atoms with Crippen LogP contribution in [-0.4, -0.2) is 77.3 Å². The van der Waals surface area contributed by atoms with Crippen molar-refractivity contribution in [3.8, 4) is 0 Å². The molecule has 1 saturated carbocycles. The average Bonchev–Trinajstić information content (AvgIpc) is 3.15. The van der Waals surface area contributed by atoms with Crippen LogP contribution in [0.1, 0.15) is 30.9 Å². The highest BCUT2D eigenvalue weighted by molar-refractivity contribution is 7.91. The predicted octanol–water partition coefficient (Wildman–Crippen LogP) is 0.138. The largest absolute Gasteiger partial charge is 0.334 e. The van der Waals surface area contributed by atoms with E-state index in [0.29, 0.717) is 6.04 Å². The normalized spacial score (nSPS) is 29.7. The Kier molecular flexibility index (Phi) is 4.23. The molecule has 0 radical (unpaired) electrons. The number of amides is 2. The number of hydrogen-bond donors (Lipinski definition) is 1. The number of rotatable bonds is 3. The van der Waals surface area contributed by atoms with Crippen LogP contribution in [0.3, 0.4) is 0 Å². The molecule has 2 aliphatic heterocycles. The molecule has 1 aromatic rings. The van der Waals surface area contributed by atoms with Gasteiger partial charge in [0.1, 0.15) is 0 Å². The van der Waals surface area contributed by atoms with Crippen molar-refractivity contribution in [1.29, 1.82) is 0 Å². The summed E-state index contributed by atoms with van der Waals surface area (Å²) in [4.78, 5) is 16.9. The van der Waals surface area contributed by atoms with Crippen LogP contribution in [0.15, 0.2) is 12.4 Å². The molecule has 3 aliphatic rings. The van der Waals surface area contributed by atoms with Gasteiger partial charge >= 0.3 is 6.03 Å². The van der Waals surface area contributed by atoms with Crippen LogP contribution in [0.25, 0.3) is 0 Å². The second-order valence-corrected chi connectivity index (χ2v) is 9.66. The zero-order valence-corrected chi connectivity index (χ0v) is 15.3. The molecule has 0 spiro atoms. The molecule has 0 bridgehead atoms. The number of urea groups is 1. The second-order valence-electron chi connectivity index (χ2n) is 7.43. The summed E-state index contributed by atoms with van der Waals surface area (Å²) in [5, 5.41) is 7.25. The summed E-state index contributed by atoms with van der Waals surface area (Å²) < 4.78 is 25.8. The van der Waals surface area contributed by atoms with E-state index in [1.807, 2.05) is 0 Å². The minimum atomic E-state index is -3.14. The molecule has 2 saturated heterocycles. The summed E-state index contributed by atoms with van der Waals surface area (Å²) in [6.07, 6.45) is 6.94. The molecule has 3 heterocycles. The third-order valence-electron chi connectivity index (χ3n) is 5.41. The molecule has 1 aromatic heterocycles. The van der Waals surface area contributed by atoms with E-state index in [4.69, 9.17) is 0 Å². The topological polar surface area (TPSA) is 87.5 Å². The van der Waals surface area contributed by atoms with Gasteiger partial charge in [-0.2, -0.15) is 5.10 Å². The Hall–Kier alpha value is -1.61. The molecule has 138 valence electrons. The van der Waals surface area contributed by atoms with Crippen molar-refractivity contribution in [3.05, 3.63) is 18.0 Å². The molecule has 2 amide bonds. The van der Waals surface area contributed by atoms with Gasteiger partial charge in [0.25, 0.3) is 0 Å². The van der Waals surface area contributed by atoms with E-state index in [0.717, 1.165) is 25.1 Å². The Morgan fingerprint density at radius 1 is 1.28 bits per heavy atom. The monoisotopic (exact) mass is 367 g/mol. The number of sulfone groups is 1. The molecule has 2 atom stereocenters. The first-order chi connectivity index (χ1) is 11.9. The number of carbonyl (C=O) groups is 1. The van der Waals surface area contributed by atoms with E-state index in [2.05, 4.69) is 15.3 Å². The molecule has 0 aromatic carbocycles. The fourth-order valence-electron chi connectivity index (χ4n) is 3.87. The van der Waals surface area contributed by atoms with Crippen molar-refractivity contribution in [3.63, 3.8) is 0 Å². The summed E-state index contributed by atoms with van der Waals surface area (Å²) in [6, 6.07) is 0.242. The first-order valence-electron chi connectivity index (χ1n) is 8.91. The summed E-state index contributed by atoms with van der Waals surface area (Å²) in [5.74, 6) is -0.0129. The van der Waals surface area contributed by atoms with Gasteiger partial charge in [-0.15, -0.1) is 0 Å². The summed E-state index contributed by atoms with van der Waals surface area (Å²) in [5.41, 5.74) is 0.770. The van der Waals surface area contributed by atoms with Gasteiger partial charge in [-0.25, -0.2) is 13.2 Å². The standard InChI is InChI=1S/C16H25N5O3S/c1-19-9-12(8-17-19)15-11-25(23,24)7-6-21(15)16(22)18-13-4-5-20(10-13)14-2-3-14/h8-9,13-15H,2-7,10-11H2,1H3,(H,18,22)/t13-,15+/m1/s1. The maximum Gasteiger partial charge on any atom is 0.318 e. The smallest absolute Gasteiger partial charge is 0.318 e. The zero-order valence-electron chi connectivity index (χ0n) is 14.5. The van der Waals surface area contributed by atoms with E-state index >= 15 is 0 Å². The van der Waals surface area contributed by atoms with Crippen LogP contribution in [0.4, 0.5) is 4.79 Å². The third-order valence-corrected chi connectivity index (χ3v) is 7.04. The van der Waals surface area contributed by atoms with Crippen LogP contribution in [0.2, 0.25) is 0 Å². The Morgan fingerprint density at radius 3 is 2.76 bits per heavy atom. The van der Waals surface area contributed by atoms with Crippen LogP contribution in [0, 0.1) is 0 Å². The van der Waals surface area contributed by atoms with Crippen LogP contribution >= 0.6 is 0 Å². The highest BCUT2D eigenvalue weighted by Gasteiger charge is 2.38. The Morgan fingerprint density at radius 2 is 2.08 bits per heavy atom. The molecule has 4 rings (SSSR count). The first-order valence-corrected chi connectivity index (χ1v) is 10.7. The molecular formula is C16H25N5O3S. The highest BCUT2D eigenvalue weighted by atomic mass is 32.2. The summed E-state index contributed by atoms with van der Waals surface area (Å²) in [6.45, 7) is 2.17. The lowest BCUT2D eigenvalue weighted by Gasteiger charge is -2.35. The fraction of sp³-hybridized carbons (Fsp3) is 0.750. The zero-order chi connectivity index (χ0) is 17.6. The minimum Gasteiger partial charge on any atom is -0.334 e. The Labute approximate surface area is 148 Å². The lowest BCUT2D eigenvalue weighted by atomic mass is 10.1. The van der Waals surface area contributed by atoms with E-state index in [9.17, 15) is 13.2 Å². The van der Waals surface area contributed by atoms with Gasteiger partial charge in [-0.3, -0.25) is 9.58 Å². The first kappa shape index (κ1) is 16.8. The van der Waals surface area contributed by atoms with Crippen molar-refractivity contribution in [2.75, 3.05) is 31.1 Å². The van der Waals surface area contributed by atoms with E-state index in [1.54, 1.807) is 29.0 Å². The fourth-order valence-corrected chi connectivity index (χ4v) is 5.37. The number of aromatic nitrogens is 2. The molecule has 25 heavy (non-hydrogen) atoms. The van der Waals surface area contributed by atoms with Gasteiger partial charge in [0.2, 0.25) is 0 Å². The SMILES string of the molecule is Cn1cc([C@@H]2CS(=O)(=O)CCN2C(=O)N[C@@H]2CCN(C3CC3)C2)cn1. The van der Waals surface area contributed by atoms with Crippen molar-refractivity contribution in [1.82, 2.24) is 24.9 Å². The average molecular weight is 367 g/mol. The van der Waals surface area contributed by atoms with Crippen molar-refractivity contribution in [2.45, 2.75) is 37.4 Å². The van der Waals surface area contributed by atoms with Crippen LogP contribution < -0.4 is 5.32 Å². The van der Waals surface area contributed by atoms with Gasteiger partial charge in [0.15, 0.2) is 9.84 Å². The molecule has 1 N–H and O–H groups in total. The van der Waals surface area contributed by atoms with Gasteiger partial charge in [-0.05, 0) is 19.3 Å². The summed E-state index contributed by atoms with van der Waals surface area (Å²) in [7, 11) is -1.36. The maximum atomic E-state index is 12.8. The molecule has 8 nitrogen and oxygen atoms in total. The van der Waals surface area contributed by atoms with Gasteiger partial charge < -0.3 is 10.2 Å². The lowest BCUT2D eigenvalue weighted by Crippen LogP contribution is -2.52. The number of nitrogens with zero attached hydrogens (tertiary/aromatic N) is 4. The van der Waals surface area contributed by atoms with E-state index in [-0.39, 0.29) is 30.1 Å². The van der Waals surface area contributed by atoms with E-state index < -0.39 is 15.9 Å². The molecule has 3 fully saturated rings. The van der Waals surface area contributed by atoms with Crippen molar-refractivity contribution >= 4 is 15.9 Å². The second kappa shape index (κ2) is 6.28. The number of carbonyl (C=O) groups excluding carboxylic acids is 1. The van der Waals surface area contributed by atoms with Crippen LogP contribution in [0.5, 0.6) is 0 Å². The number of hydrogen-bond acceptors (Lipinski definition) is 5. The van der Waals surface area contributed by atoms with Gasteiger partial charge in [-0.1, -0.05) is 0 Å². The Bertz CT molecular complexity index is 758. The van der Waals surface area contributed by atoms with Crippen molar-refractivity contribution in [2.24, 2.45) is 7.05 Å². The summed E-state index contributed by atoms with van der Waals surface area (Å²) >= 11 is 0. The third kappa shape index (κ3) is 3.67. The van der Waals surface area contributed by atoms with Gasteiger partial charge in [0.05, 0.1) is 23.7 Å². The van der Waals surface area contributed by atoms with Crippen LogP contribution in [-0.2, 0) is 16.9 Å². The molecule has 9 heteroatoms. The molecular weight excluding hydrogens is 342 g/mol. The number of aryl methyl sites for hydroxylation is 1. The van der Waals surface area contributed by atoms with E-state index in [1.165, 1.54) is 12.8 Å². The highest BCUT2D eigenvalue weighted by Crippen LogP contribution is 2.30. The number of likely N-dealkylation sites (tertiary alicyclic amines) is 1. The van der Waals surface area contributed by atoms with Gasteiger partial charge in [0, 0.05) is 50.5 Å². The predicted molar refractivity (Wildman–Crippen MR) is 92.8 cm³/mol.